The topological polar surface area (TPSA) is 94.6 Å². The maximum absolute atomic E-state index is 13.0. The molecule has 1 aliphatic rings. The molecule has 150 valence electrons. The van der Waals surface area contributed by atoms with Crippen molar-refractivity contribution in [2.24, 2.45) is 7.05 Å². The molecule has 0 saturated carbocycles. The molecule has 3 aromatic heterocycles. The van der Waals surface area contributed by atoms with Gasteiger partial charge in [-0.15, -0.1) is 0 Å². The van der Waals surface area contributed by atoms with E-state index >= 15 is 0 Å². The Kier molecular flexibility index (Phi) is 4.90. The summed E-state index contributed by atoms with van der Waals surface area (Å²) >= 11 is 6.12. The first-order valence-corrected chi connectivity index (χ1v) is 10.6. The van der Waals surface area contributed by atoms with Gasteiger partial charge < -0.3 is 4.74 Å². The van der Waals surface area contributed by atoms with Gasteiger partial charge in [-0.25, -0.2) is 17.9 Å². The van der Waals surface area contributed by atoms with Gasteiger partial charge in [0.1, 0.15) is 16.4 Å². The molecule has 0 aliphatic carbocycles. The van der Waals surface area contributed by atoms with E-state index in [-0.39, 0.29) is 28.6 Å². The van der Waals surface area contributed by atoms with Crippen molar-refractivity contribution in [2.75, 3.05) is 20.2 Å². The molecule has 1 saturated heterocycles. The number of halogens is 1. The van der Waals surface area contributed by atoms with Crippen molar-refractivity contribution in [3.05, 3.63) is 41.1 Å². The third-order valence-electron chi connectivity index (χ3n) is 5.34. The van der Waals surface area contributed by atoms with Gasteiger partial charge in [0, 0.05) is 39.4 Å². The molecular weight excluding hydrogens is 404 g/mol. The molecule has 4 heterocycles. The van der Waals surface area contributed by atoms with Gasteiger partial charge in [0.15, 0.2) is 5.65 Å². The number of fused-ring (bicyclic) bond motifs is 1. The minimum Gasteiger partial charge on any atom is -0.379 e. The van der Waals surface area contributed by atoms with Crippen LogP contribution in [-0.2, 0) is 21.8 Å². The summed E-state index contributed by atoms with van der Waals surface area (Å²) < 4.78 is 36.3. The van der Waals surface area contributed by atoms with E-state index in [1.54, 1.807) is 18.7 Å². The highest BCUT2D eigenvalue weighted by Crippen LogP contribution is 2.35. The van der Waals surface area contributed by atoms with E-state index < -0.39 is 10.0 Å². The number of ether oxygens (including phenoxy) is 1. The van der Waals surface area contributed by atoms with Crippen molar-refractivity contribution < 1.29 is 13.2 Å². The van der Waals surface area contributed by atoms with Crippen molar-refractivity contribution in [1.29, 1.82) is 0 Å². The van der Waals surface area contributed by atoms with Crippen LogP contribution in [0.2, 0.25) is 5.15 Å². The minimum absolute atomic E-state index is 0.0187. The number of aryl methyl sites for hydroxylation is 2. The van der Waals surface area contributed by atoms with Crippen molar-refractivity contribution >= 4 is 27.3 Å². The van der Waals surface area contributed by atoms with Crippen LogP contribution in [0, 0.1) is 6.92 Å². The first kappa shape index (κ1) is 19.3. The lowest BCUT2D eigenvalue weighted by molar-refractivity contribution is 0.0387. The average molecular weight is 425 g/mol. The lowest BCUT2D eigenvalue weighted by Gasteiger charge is -2.37. The molecule has 1 aliphatic heterocycles. The lowest BCUT2D eigenvalue weighted by Crippen LogP contribution is -2.46. The highest BCUT2D eigenvalue weighted by atomic mass is 35.5. The van der Waals surface area contributed by atoms with Gasteiger partial charge in [0.05, 0.1) is 12.3 Å². The zero-order chi connectivity index (χ0) is 20.1. The summed E-state index contributed by atoms with van der Waals surface area (Å²) in [5.41, 5.74) is 2.95. The van der Waals surface area contributed by atoms with Gasteiger partial charge in [-0.2, -0.15) is 14.5 Å². The number of aromatic nitrogens is 5. The standard InChI is InChI=1S/C17H21ClN6O3S/c1-11-6-16-19-10-21-24(16)8-13(11)12-4-5-23(9-14(12)27-3)28(25,26)15-7-20-22(2)17(15)18/h6-8,10,12,14H,4-5,9H2,1-3H3. The molecule has 0 bridgehead atoms. The van der Waals surface area contributed by atoms with E-state index in [0.717, 1.165) is 16.8 Å². The zero-order valence-corrected chi connectivity index (χ0v) is 17.4. The van der Waals surface area contributed by atoms with Crippen LogP contribution < -0.4 is 0 Å². The van der Waals surface area contributed by atoms with E-state index in [0.29, 0.717) is 13.0 Å². The summed E-state index contributed by atoms with van der Waals surface area (Å²) in [6.45, 7) is 2.63. The fraction of sp³-hybridized carbons (Fsp3) is 0.471. The predicted octanol–water partition coefficient (Wildman–Crippen LogP) is 1.62. The molecule has 2 unspecified atom stereocenters. The summed E-state index contributed by atoms with van der Waals surface area (Å²) in [5.74, 6) is 0.0504. The third kappa shape index (κ3) is 3.10. The number of piperidine rings is 1. The Morgan fingerprint density at radius 3 is 2.79 bits per heavy atom. The maximum Gasteiger partial charge on any atom is 0.247 e. The Labute approximate surface area is 167 Å². The summed E-state index contributed by atoms with van der Waals surface area (Å²) in [5, 5.41) is 8.25. The van der Waals surface area contributed by atoms with Crippen LogP contribution in [0.3, 0.4) is 0 Å². The summed E-state index contributed by atoms with van der Waals surface area (Å²) in [6.07, 6.45) is 5.08. The van der Waals surface area contributed by atoms with Crippen LogP contribution in [0.5, 0.6) is 0 Å². The van der Waals surface area contributed by atoms with E-state index in [9.17, 15) is 8.42 Å². The molecule has 0 spiro atoms. The number of hydrogen-bond donors (Lipinski definition) is 0. The second-order valence-electron chi connectivity index (χ2n) is 6.93. The van der Waals surface area contributed by atoms with E-state index in [4.69, 9.17) is 16.3 Å². The monoisotopic (exact) mass is 424 g/mol. The highest BCUT2D eigenvalue weighted by molar-refractivity contribution is 7.89. The quantitative estimate of drug-likeness (QED) is 0.631. The Bertz CT molecular complexity index is 1130. The Morgan fingerprint density at radius 2 is 2.11 bits per heavy atom. The van der Waals surface area contributed by atoms with E-state index in [1.807, 2.05) is 19.2 Å². The smallest absolute Gasteiger partial charge is 0.247 e. The second-order valence-corrected chi connectivity index (χ2v) is 9.19. The molecule has 3 aromatic rings. The number of sulfonamides is 1. The molecule has 0 aromatic carbocycles. The second kappa shape index (κ2) is 7.11. The molecule has 1 fully saturated rings. The first-order valence-electron chi connectivity index (χ1n) is 8.83. The zero-order valence-electron chi connectivity index (χ0n) is 15.8. The molecule has 0 N–H and O–H groups in total. The van der Waals surface area contributed by atoms with Crippen molar-refractivity contribution in [3.8, 4) is 0 Å². The van der Waals surface area contributed by atoms with Gasteiger partial charge in [-0.1, -0.05) is 11.6 Å². The molecule has 9 nitrogen and oxygen atoms in total. The van der Waals surface area contributed by atoms with Crippen LogP contribution >= 0.6 is 11.6 Å². The van der Waals surface area contributed by atoms with Gasteiger partial charge >= 0.3 is 0 Å². The van der Waals surface area contributed by atoms with Gasteiger partial charge in [0.25, 0.3) is 0 Å². The number of pyridine rings is 1. The maximum atomic E-state index is 13.0. The normalized spacial score (nSPS) is 21.4. The predicted molar refractivity (Wildman–Crippen MR) is 103 cm³/mol. The molecule has 2 atom stereocenters. The third-order valence-corrected chi connectivity index (χ3v) is 7.77. The van der Waals surface area contributed by atoms with Crippen LogP contribution in [0.25, 0.3) is 5.65 Å². The van der Waals surface area contributed by atoms with Crippen LogP contribution in [0.1, 0.15) is 23.5 Å². The van der Waals surface area contributed by atoms with Gasteiger partial charge in [0.2, 0.25) is 10.0 Å². The molecular formula is C17H21ClN6O3S. The van der Waals surface area contributed by atoms with Crippen LogP contribution in [0.4, 0.5) is 0 Å². The van der Waals surface area contributed by atoms with Crippen molar-refractivity contribution in [1.82, 2.24) is 28.7 Å². The van der Waals surface area contributed by atoms with Crippen molar-refractivity contribution in [2.45, 2.75) is 30.3 Å². The molecule has 28 heavy (non-hydrogen) atoms. The molecule has 4 rings (SSSR count). The Morgan fingerprint density at radius 1 is 1.32 bits per heavy atom. The summed E-state index contributed by atoms with van der Waals surface area (Å²) in [4.78, 5) is 4.22. The first-order chi connectivity index (χ1) is 13.3. The largest absolute Gasteiger partial charge is 0.379 e. The van der Waals surface area contributed by atoms with Crippen LogP contribution in [0.15, 0.2) is 29.7 Å². The lowest BCUT2D eigenvalue weighted by atomic mass is 9.86. The van der Waals surface area contributed by atoms with E-state index in [2.05, 4.69) is 15.2 Å². The highest BCUT2D eigenvalue weighted by Gasteiger charge is 2.38. The molecule has 0 radical (unpaired) electrons. The van der Waals surface area contributed by atoms with Gasteiger partial charge in [-0.3, -0.25) is 4.68 Å². The molecule has 11 heteroatoms. The number of methoxy groups -OCH3 is 1. The Hall–Kier alpha value is -2.01. The minimum atomic E-state index is -3.75. The molecule has 0 amide bonds. The van der Waals surface area contributed by atoms with E-state index in [1.165, 1.54) is 21.5 Å². The SMILES string of the molecule is COC1CN(S(=O)(=O)c2cnn(C)c2Cl)CCC1c1cn2ncnc2cc1C. The van der Waals surface area contributed by atoms with Crippen molar-refractivity contribution in [3.63, 3.8) is 0 Å². The van der Waals surface area contributed by atoms with Gasteiger partial charge in [-0.05, 0) is 30.5 Å². The summed E-state index contributed by atoms with van der Waals surface area (Å²) in [7, 11) is -0.535. The van der Waals surface area contributed by atoms with Crippen LogP contribution in [-0.4, -0.2) is 63.4 Å². The number of hydrogen-bond acceptors (Lipinski definition) is 6. The fourth-order valence-corrected chi connectivity index (χ4v) is 5.65. The average Bonchev–Trinajstić information content (AvgIpc) is 3.27. The Balaban J connectivity index is 1.63. The number of rotatable bonds is 4. The fourth-order valence-electron chi connectivity index (χ4n) is 3.78. The summed E-state index contributed by atoms with van der Waals surface area (Å²) in [6, 6.07) is 1.98. The number of nitrogens with zero attached hydrogens (tertiary/aromatic N) is 6.